The number of ketones is 1. The van der Waals surface area contributed by atoms with Crippen LogP contribution in [-0.4, -0.2) is 38.7 Å². The molecule has 1 aliphatic carbocycles. The number of carbonyl (C=O) groups is 1. The van der Waals surface area contributed by atoms with Crippen molar-refractivity contribution in [3.05, 3.63) is 65.2 Å². The molecule has 7 heteroatoms. The molecule has 0 spiro atoms. The highest BCUT2D eigenvalue weighted by molar-refractivity contribution is 7.92. The van der Waals surface area contributed by atoms with Crippen LogP contribution >= 0.6 is 0 Å². The first-order valence-electron chi connectivity index (χ1n) is 8.92. The molecule has 2 aromatic rings. The molecular weight excluding hydrogens is 364 g/mol. The summed E-state index contributed by atoms with van der Waals surface area (Å²) in [6.07, 6.45) is 2.06. The molecule has 6 nitrogen and oxygen atoms in total. The SMILES string of the molecule is CS(=O)(=O)Nc1ccc([C@@H](O)CNCC2CCc3ccccc3C2=O)cc1. The second-order valence-corrected chi connectivity index (χ2v) is 8.68. The smallest absolute Gasteiger partial charge is 0.229 e. The standard InChI is InChI=1S/C20H24N2O4S/c1-27(25,26)22-17-10-8-15(9-11-17)19(23)13-21-12-16-7-6-14-4-2-3-5-18(14)20(16)24/h2-5,8-11,16,19,21-23H,6-7,12-13H2,1H3/t16?,19-/m0/s1. The van der Waals surface area contributed by atoms with Gasteiger partial charge in [0.1, 0.15) is 0 Å². The lowest BCUT2D eigenvalue weighted by Crippen LogP contribution is -2.34. The predicted molar refractivity (Wildman–Crippen MR) is 105 cm³/mol. The van der Waals surface area contributed by atoms with Gasteiger partial charge in [0, 0.05) is 30.3 Å². The molecule has 2 atom stereocenters. The predicted octanol–water partition coefficient (Wildman–Crippen LogP) is 2.13. The van der Waals surface area contributed by atoms with Gasteiger partial charge in [-0.25, -0.2) is 8.42 Å². The van der Waals surface area contributed by atoms with Gasteiger partial charge in [0.05, 0.1) is 12.4 Å². The van der Waals surface area contributed by atoms with Crippen LogP contribution in [0.4, 0.5) is 5.69 Å². The molecule has 3 rings (SSSR count). The third-order valence-corrected chi connectivity index (χ3v) is 5.35. The first kappa shape index (κ1) is 19.5. The van der Waals surface area contributed by atoms with Gasteiger partial charge in [0.25, 0.3) is 0 Å². The number of anilines is 1. The number of rotatable bonds is 7. The van der Waals surface area contributed by atoms with E-state index in [0.29, 0.717) is 24.3 Å². The van der Waals surface area contributed by atoms with Crippen molar-refractivity contribution in [2.45, 2.75) is 18.9 Å². The largest absolute Gasteiger partial charge is 0.387 e. The molecule has 0 aromatic heterocycles. The highest BCUT2D eigenvalue weighted by atomic mass is 32.2. The third-order valence-electron chi connectivity index (χ3n) is 4.74. The van der Waals surface area contributed by atoms with Crippen LogP contribution in [0.25, 0.3) is 0 Å². The molecular formula is C20H24N2O4S. The van der Waals surface area contributed by atoms with Crippen molar-refractivity contribution in [1.82, 2.24) is 5.32 Å². The van der Waals surface area contributed by atoms with E-state index in [4.69, 9.17) is 0 Å². The van der Waals surface area contributed by atoms with E-state index < -0.39 is 16.1 Å². The van der Waals surface area contributed by atoms with Gasteiger partial charge in [0.15, 0.2) is 5.78 Å². The van der Waals surface area contributed by atoms with Crippen molar-refractivity contribution in [3.8, 4) is 0 Å². The first-order valence-corrected chi connectivity index (χ1v) is 10.8. The van der Waals surface area contributed by atoms with E-state index in [1.54, 1.807) is 24.3 Å². The summed E-state index contributed by atoms with van der Waals surface area (Å²) in [6, 6.07) is 14.3. The van der Waals surface area contributed by atoms with E-state index in [1.165, 1.54) is 0 Å². The summed E-state index contributed by atoms with van der Waals surface area (Å²) in [4.78, 5) is 12.6. The number of hydrogen-bond acceptors (Lipinski definition) is 5. The van der Waals surface area contributed by atoms with E-state index in [2.05, 4.69) is 10.0 Å². The molecule has 144 valence electrons. The summed E-state index contributed by atoms with van der Waals surface area (Å²) in [7, 11) is -3.32. The van der Waals surface area contributed by atoms with Crippen LogP contribution in [0, 0.1) is 5.92 Å². The Labute approximate surface area is 159 Å². The van der Waals surface area contributed by atoms with Crippen molar-refractivity contribution in [2.75, 3.05) is 24.1 Å². The fraction of sp³-hybridized carbons (Fsp3) is 0.350. The van der Waals surface area contributed by atoms with Gasteiger partial charge in [-0.3, -0.25) is 9.52 Å². The highest BCUT2D eigenvalue weighted by Gasteiger charge is 2.26. The molecule has 0 radical (unpaired) electrons. The number of sulfonamides is 1. The number of carbonyl (C=O) groups excluding carboxylic acids is 1. The number of aryl methyl sites for hydroxylation is 1. The van der Waals surface area contributed by atoms with Crippen molar-refractivity contribution >= 4 is 21.5 Å². The Bertz CT molecular complexity index is 910. The highest BCUT2D eigenvalue weighted by Crippen LogP contribution is 2.25. The molecule has 0 heterocycles. The van der Waals surface area contributed by atoms with Crippen LogP contribution in [0.1, 0.15) is 34.0 Å². The quantitative estimate of drug-likeness (QED) is 0.675. The number of aliphatic hydroxyl groups is 1. The molecule has 0 saturated heterocycles. The second-order valence-electron chi connectivity index (χ2n) is 6.93. The van der Waals surface area contributed by atoms with Crippen LogP contribution in [0.5, 0.6) is 0 Å². The summed E-state index contributed by atoms with van der Waals surface area (Å²) in [6.45, 7) is 0.849. The molecule has 0 fully saturated rings. The Kier molecular flexibility index (Phi) is 5.94. The minimum absolute atomic E-state index is 0.0755. The van der Waals surface area contributed by atoms with Crippen molar-refractivity contribution < 1.29 is 18.3 Å². The van der Waals surface area contributed by atoms with Crippen LogP contribution in [-0.2, 0) is 16.4 Å². The molecule has 0 bridgehead atoms. The van der Waals surface area contributed by atoms with Crippen molar-refractivity contribution in [2.24, 2.45) is 5.92 Å². The van der Waals surface area contributed by atoms with Gasteiger partial charge < -0.3 is 10.4 Å². The fourth-order valence-corrected chi connectivity index (χ4v) is 3.92. The number of nitrogens with one attached hydrogen (secondary N) is 2. The number of hydrogen-bond donors (Lipinski definition) is 3. The molecule has 1 unspecified atom stereocenters. The zero-order chi connectivity index (χ0) is 19.4. The molecule has 3 N–H and O–H groups in total. The minimum atomic E-state index is -3.32. The first-order chi connectivity index (χ1) is 12.8. The average Bonchev–Trinajstić information content (AvgIpc) is 2.63. The molecule has 0 amide bonds. The summed E-state index contributed by atoms with van der Waals surface area (Å²) >= 11 is 0. The van der Waals surface area contributed by atoms with Crippen LogP contribution in [0.2, 0.25) is 0 Å². The molecule has 27 heavy (non-hydrogen) atoms. The maximum atomic E-state index is 12.6. The van der Waals surface area contributed by atoms with Gasteiger partial charge in [-0.2, -0.15) is 0 Å². The molecule has 2 aromatic carbocycles. The van der Waals surface area contributed by atoms with Crippen molar-refractivity contribution in [1.29, 1.82) is 0 Å². The van der Waals surface area contributed by atoms with E-state index in [9.17, 15) is 18.3 Å². The van der Waals surface area contributed by atoms with Crippen molar-refractivity contribution in [3.63, 3.8) is 0 Å². The van der Waals surface area contributed by atoms with E-state index in [1.807, 2.05) is 24.3 Å². The third kappa shape index (κ3) is 5.15. The Morgan fingerprint density at radius 2 is 1.85 bits per heavy atom. The fourth-order valence-electron chi connectivity index (χ4n) is 3.35. The zero-order valence-corrected chi connectivity index (χ0v) is 16.0. The Balaban J connectivity index is 1.51. The topological polar surface area (TPSA) is 95.5 Å². The maximum absolute atomic E-state index is 12.6. The van der Waals surface area contributed by atoms with Gasteiger partial charge in [-0.05, 0) is 36.1 Å². The van der Waals surface area contributed by atoms with E-state index in [0.717, 1.165) is 30.2 Å². The second kappa shape index (κ2) is 8.21. The Morgan fingerprint density at radius 1 is 1.15 bits per heavy atom. The maximum Gasteiger partial charge on any atom is 0.229 e. The molecule has 1 aliphatic rings. The summed E-state index contributed by atoms with van der Waals surface area (Å²) < 4.78 is 24.8. The summed E-state index contributed by atoms with van der Waals surface area (Å²) in [5, 5.41) is 13.5. The van der Waals surface area contributed by atoms with E-state index >= 15 is 0 Å². The number of fused-ring (bicyclic) bond motifs is 1. The van der Waals surface area contributed by atoms with Gasteiger partial charge in [-0.1, -0.05) is 36.4 Å². The van der Waals surface area contributed by atoms with Crippen LogP contribution in [0.15, 0.2) is 48.5 Å². The lowest BCUT2D eigenvalue weighted by molar-refractivity contribution is 0.0895. The molecule has 0 saturated carbocycles. The molecule has 0 aliphatic heterocycles. The zero-order valence-electron chi connectivity index (χ0n) is 15.2. The number of aliphatic hydroxyl groups excluding tert-OH is 1. The van der Waals surface area contributed by atoms with Gasteiger partial charge in [0.2, 0.25) is 10.0 Å². The van der Waals surface area contributed by atoms with Crippen LogP contribution in [0.3, 0.4) is 0 Å². The van der Waals surface area contributed by atoms with Gasteiger partial charge in [-0.15, -0.1) is 0 Å². The average molecular weight is 388 g/mol. The number of benzene rings is 2. The minimum Gasteiger partial charge on any atom is -0.387 e. The van der Waals surface area contributed by atoms with Crippen LogP contribution < -0.4 is 10.0 Å². The Morgan fingerprint density at radius 3 is 2.56 bits per heavy atom. The lowest BCUT2D eigenvalue weighted by atomic mass is 9.83. The monoisotopic (exact) mass is 388 g/mol. The Hall–Kier alpha value is -2.22. The summed E-state index contributed by atoms with van der Waals surface area (Å²) in [5.74, 6) is 0.0866. The van der Waals surface area contributed by atoms with Gasteiger partial charge >= 0.3 is 0 Å². The lowest BCUT2D eigenvalue weighted by Gasteiger charge is -2.24. The normalized spacial score (nSPS) is 18.0. The number of Topliss-reactive ketones (excluding diaryl/α,β-unsaturated/α-hetero) is 1. The summed E-state index contributed by atoms with van der Waals surface area (Å²) in [5.41, 5.74) is 3.06. The van der Waals surface area contributed by atoms with E-state index in [-0.39, 0.29) is 11.7 Å².